The van der Waals surface area contributed by atoms with Crippen LogP contribution in [0, 0.1) is 5.95 Å². The summed E-state index contributed by atoms with van der Waals surface area (Å²) in [4.78, 5) is 18.2. The fraction of sp³-hybridized carbons (Fsp3) is 0.167. The molecule has 4 aromatic heterocycles. The Morgan fingerprint density at radius 3 is 2.93 bits per heavy atom. The van der Waals surface area contributed by atoms with Gasteiger partial charge in [0, 0.05) is 25.5 Å². The molecule has 10 heteroatoms. The number of rotatable bonds is 2. The molecule has 0 N–H and O–H groups in total. The predicted molar refractivity (Wildman–Crippen MR) is 98.2 cm³/mol. The van der Waals surface area contributed by atoms with Gasteiger partial charge in [0.05, 0.1) is 22.6 Å². The van der Waals surface area contributed by atoms with E-state index in [1.165, 1.54) is 6.20 Å². The average Bonchev–Trinajstić information content (AvgIpc) is 3.31. The van der Waals surface area contributed by atoms with Crippen molar-refractivity contribution in [3.8, 4) is 11.4 Å². The normalized spacial score (nSPS) is 13.7. The summed E-state index contributed by atoms with van der Waals surface area (Å²) in [7, 11) is 0. The van der Waals surface area contributed by atoms with Gasteiger partial charge < -0.3 is 9.47 Å². The Morgan fingerprint density at radius 2 is 2.07 bits per heavy atom. The van der Waals surface area contributed by atoms with E-state index in [1.54, 1.807) is 45.9 Å². The molecule has 5 rings (SSSR count). The van der Waals surface area contributed by atoms with Crippen molar-refractivity contribution in [1.29, 1.82) is 0 Å². The van der Waals surface area contributed by atoms with Crippen molar-refractivity contribution >= 4 is 23.0 Å². The maximum atomic E-state index is 14.0. The highest BCUT2D eigenvalue weighted by molar-refractivity contribution is 6.30. The van der Waals surface area contributed by atoms with Gasteiger partial charge in [-0.15, -0.1) is 10.2 Å². The number of halogens is 2. The Kier molecular flexibility index (Phi) is 3.83. The summed E-state index contributed by atoms with van der Waals surface area (Å²) < 4.78 is 17.4. The third kappa shape index (κ3) is 2.71. The predicted octanol–water partition coefficient (Wildman–Crippen LogP) is 2.44. The summed E-state index contributed by atoms with van der Waals surface area (Å²) in [5.41, 5.74) is 1.40. The molecule has 1 amide bonds. The summed E-state index contributed by atoms with van der Waals surface area (Å²) >= 11 is 5.97. The summed E-state index contributed by atoms with van der Waals surface area (Å²) in [5.74, 6) is 0.197. The molecule has 0 aliphatic carbocycles. The van der Waals surface area contributed by atoms with Crippen molar-refractivity contribution in [2.45, 2.75) is 13.1 Å². The Bertz CT molecular complexity index is 1220. The van der Waals surface area contributed by atoms with Crippen LogP contribution in [0.2, 0.25) is 5.02 Å². The van der Waals surface area contributed by atoms with Crippen molar-refractivity contribution in [3.63, 3.8) is 0 Å². The number of carbonyl (C=O) groups excluding carboxylic acids is 1. The maximum Gasteiger partial charge on any atom is 0.274 e. The molecule has 0 saturated carbocycles. The van der Waals surface area contributed by atoms with Crippen LogP contribution in [0.1, 0.15) is 16.3 Å². The van der Waals surface area contributed by atoms with Crippen LogP contribution in [0.25, 0.3) is 16.9 Å². The fourth-order valence-corrected chi connectivity index (χ4v) is 3.47. The van der Waals surface area contributed by atoms with Gasteiger partial charge in [-0.1, -0.05) is 11.6 Å². The lowest BCUT2D eigenvalue weighted by Gasteiger charge is -2.27. The highest BCUT2D eigenvalue weighted by Crippen LogP contribution is 2.24. The molecule has 0 fully saturated rings. The van der Waals surface area contributed by atoms with Crippen LogP contribution in [0.3, 0.4) is 0 Å². The largest absolute Gasteiger partial charge is 0.328 e. The second kappa shape index (κ2) is 6.38. The van der Waals surface area contributed by atoms with E-state index in [2.05, 4.69) is 20.3 Å². The quantitative estimate of drug-likeness (QED) is 0.485. The second-order valence-electron chi connectivity index (χ2n) is 6.41. The zero-order valence-electron chi connectivity index (χ0n) is 14.5. The van der Waals surface area contributed by atoms with E-state index < -0.39 is 5.95 Å². The van der Waals surface area contributed by atoms with E-state index in [9.17, 15) is 9.18 Å². The Labute approximate surface area is 163 Å². The number of hydrogen-bond donors (Lipinski definition) is 0. The van der Waals surface area contributed by atoms with E-state index in [4.69, 9.17) is 11.6 Å². The van der Waals surface area contributed by atoms with Crippen molar-refractivity contribution in [3.05, 3.63) is 65.2 Å². The fourth-order valence-electron chi connectivity index (χ4n) is 3.31. The van der Waals surface area contributed by atoms with Crippen molar-refractivity contribution < 1.29 is 9.18 Å². The van der Waals surface area contributed by atoms with E-state index in [0.29, 0.717) is 41.0 Å². The molecule has 8 nitrogen and oxygen atoms in total. The van der Waals surface area contributed by atoms with Crippen LogP contribution in [0.15, 0.2) is 42.7 Å². The van der Waals surface area contributed by atoms with E-state index in [-0.39, 0.29) is 12.5 Å². The SMILES string of the molecule is O=C(c1cc2ccc(Cl)cn2n1)N1CCn2c(nnc2-c2cccnc2F)C1. The standard InChI is InChI=1S/C18H13ClFN7O/c19-11-3-4-12-8-14(24-27(12)9-11)18(28)25-6-7-26-15(10-25)22-23-17(26)13-2-1-5-21-16(13)20/h1-5,8-9H,6-7,10H2. The average molecular weight is 398 g/mol. The molecule has 0 bridgehead atoms. The number of nitrogens with zero attached hydrogens (tertiary/aromatic N) is 7. The molecular weight excluding hydrogens is 385 g/mol. The molecule has 0 unspecified atom stereocenters. The van der Waals surface area contributed by atoms with Crippen LogP contribution in [0.5, 0.6) is 0 Å². The van der Waals surface area contributed by atoms with E-state index >= 15 is 0 Å². The van der Waals surface area contributed by atoms with Gasteiger partial charge in [0.15, 0.2) is 17.3 Å². The molecule has 0 atom stereocenters. The van der Waals surface area contributed by atoms with Crippen LogP contribution in [-0.4, -0.2) is 46.7 Å². The number of pyridine rings is 2. The molecular formula is C18H13ClFN7O. The zero-order chi connectivity index (χ0) is 19.3. The van der Waals surface area contributed by atoms with Gasteiger partial charge in [-0.3, -0.25) is 4.79 Å². The Morgan fingerprint density at radius 1 is 1.18 bits per heavy atom. The Balaban J connectivity index is 1.43. The van der Waals surface area contributed by atoms with Crippen molar-refractivity contribution in [2.24, 2.45) is 0 Å². The smallest absolute Gasteiger partial charge is 0.274 e. The summed E-state index contributed by atoms with van der Waals surface area (Å²) in [6, 6.07) is 8.52. The van der Waals surface area contributed by atoms with Crippen LogP contribution < -0.4 is 0 Å². The minimum atomic E-state index is -0.598. The molecule has 1 aliphatic rings. The number of carbonyl (C=O) groups is 1. The van der Waals surface area contributed by atoms with Gasteiger partial charge in [0.2, 0.25) is 5.95 Å². The van der Waals surface area contributed by atoms with Crippen molar-refractivity contribution in [2.75, 3.05) is 6.54 Å². The van der Waals surface area contributed by atoms with Crippen LogP contribution in [0.4, 0.5) is 4.39 Å². The molecule has 0 aromatic carbocycles. The summed E-state index contributed by atoms with van der Waals surface area (Å²) in [5, 5.41) is 13.1. The highest BCUT2D eigenvalue weighted by atomic mass is 35.5. The number of amides is 1. The summed E-state index contributed by atoms with van der Waals surface area (Å²) in [6.45, 7) is 1.16. The van der Waals surface area contributed by atoms with Crippen molar-refractivity contribution in [1.82, 2.24) is 34.3 Å². The lowest BCUT2D eigenvalue weighted by molar-refractivity contribution is 0.0701. The van der Waals surface area contributed by atoms with Gasteiger partial charge in [-0.2, -0.15) is 9.49 Å². The number of fused-ring (bicyclic) bond motifs is 2. The molecule has 140 valence electrons. The topological polar surface area (TPSA) is 81.2 Å². The van der Waals surface area contributed by atoms with Gasteiger partial charge in [0.25, 0.3) is 5.91 Å². The van der Waals surface area contributed by atoms with E-state index in [1.807, 2.05) is 4.57 Å². The number of aromatic nitrogens is 6. The Hall–Kier alpha value is -3.33. The minimum absolute atomic E-state index is 0.205. The molecule has 0 spiro atoms. The number of hydrogen-bond acceptors (Lipinski definition) is 5. The third-order valence-electron chi connectivity index (χ3n) is 4.68. The minimum Gasteiger partial charge on any atom is -0.328 e. The molecule has 28 heavy (non-hydrogen) atoms. The van der Waals surface area contributed by atoms with Gasteiger partial charge in [-0.05, 0) is 30.3 Å². The van der Waals surface area contributed by atoms with E-state index in [0.717, 1.165) is 5.52 Å². The first-order chi connectivity index (χ1) is 13.6. The summed E-state index contributed by atoms with van der Waals surface area (Å²) in [6.07, 6.45) is 3.03. The van der Waals surface area contributed by atoms with Gasteiger partial charge in [0.1, 0.15) is 0 Å². The molecule has 1 aliphatic heterocycles. The molecule has 4 aromatic rings. The first kappa shape index (κ1) is 16.8. The van der Waals surface area contributed by atoms with Crippen LogP contribution >= 0.6 is 11.6 Å². The lowest BCUT2D eigenvalue weighted by Crippen LogP contribution is -2.38. The first-order valence-corrected chi connectivity index (χ1v) is 8.95. The maximum absolute atomic E-state index is 14.0. The molecule has 0 radical (unpaired) electrons. The van der Waals surface area contributed by atoms with Gasteiger partial charge >= 0.3 is 0 Å². The second-order valence-corrected chi connectivity index (χ2v) is 6.84. The molecule has 0 saturated heterocycles. The van der Waals surface area contributed by atoms with Gasteiger partial charge in [-0.25, -0.2) is 9.50 Å². The zero-order valence-corrected chi connectivity index (χ0v) is 15.2. The highest BCUT2D eigenvalue weighted by Gasteiger charge is 2.27. The van der Waals surface area contributed by atoms with Crippen LogP contribution in [-0.2, 0) is 13.1 Å². The molecule has 5 heterocycles. The first-order valence-electron chi connectivity index (χ1n) is 8.57. The lowest BCUT2D eigenvalue weighted by atomic mass is 10.2. The monoisotopic (exact) mass is 397 g/mol. The third-order valence-corrected chi connectivity index (χ3v) is 4.91.